The minimum Gasteiger partial charge on any atom is -0.497 e. The molecular weight excluding hydrogens is 397 g/mol. The molecule has 0 spiro atoms. The van der Waals surface area contributed by atoms with Gasteiger partial charge in [0.25, 0.3) is 0 Å². The van der Waals surface area contributed by atoms with E-state index in [0.29, 0.717) is 26.7 Å². The van der Waals surface area contributed by atoms with Crippen LogP contribution in [0.15, 0.2) is 47.6 Å². The monoisotopic (exact) mass is 409 g/mol. The van der Waals surface area contributed by atoms with Crippen molar-refractivity contribution < 1.29 is 14.6 Å². The number of carbonyl (C=O) groups is 1. The summed E-state index contributed by atoms with van der Waals surface area (Å²) >= 11 is 13.2. The fourth-order valence-corrected chi connectivity index (χ4v) is 3.24. The lowest BCUT2D eigenvalue weighted by atomic mass is 10.2. The molecule has 0 fully saturated rings. The largest absolute Gasteiger partial charge is 0.497 e. The summed E-state index contributed by atoms with van der Waals surface area (Å²) in [6.07, 6.45) is 0. The molecule has 0 radical (unpaired) electrons. The molecule has 0 aliphatic rings. The number of aromatic nitrogens is 3. The lowest BCUT2D eigenvalue weighted by Crippen LogP contribution is -2.03. The van der Waals surface area contributed by atoms with Crippen molar-refractivity contribution in [2.75, 3.05) is 12.9 Å². The van der Waals surface area contributed by atoms with Gasteiger partial charge in [0, 0.05) is 5.56 Å². The van der Waals surface area contributed by atoms with Crippen LogP contribution in [-0.2, 0) is 4.79 Å². The zero-order valence-electron chi connectivity index (χ0n) is 13.5. The topological polar surface area (TPSA) is 77.2 Å². The minimum absolute atomic E-state index is 0.137. The van der Waals surface area contributed by atoms with Crippen LogP contribution in [0, 0.1) is 0 Å². The Morgan fingerprint density at radius 1 is 1.15 bits per heavy atom. The Morgan fingerprint density at radius 2 is 1.88 bits per heavy atom. The third-order valence-electron chi connectivity index (χ3n) is 3.47. The van der Waals surface area contributed by atoms with Crippen LogP contribution in [0.3, 0.4) is 0 Å². The highest BCUT2D eigenvalue weighted by Crippen LogP contribution is 2.31. The third kappa shape index (κ3) is 3.95. The maximum atomic E-state index is 10.9. The molecule has 2 aromatic carbocycles. The van der Waals surface area contributed by atoms with E-state index in [1.54, 1.807) is 29.9 Å². The highest BCUT2D eigenvalue weighted by molar-refractivity contribution is 7.99. The van der Waals surface area contributed by atoms with Crippen molar-refractivity contribution >= 4 is 40.9 Å². The average molecular weight is 410 g/mol. The first-order valence-corrected chi connectivity index (χ1v) is 9.13. The number of carboxylic acid groups (broad SMARTS) is 1. The molecule has 9 heteroatoms. The first kappa shape index (κ1) is 18.6. The molecule has 0 atom stereocenters. The van der Waals surface area contributed by atoms with E-state index >= 15 is 0 Å². The molecule has 26 heavy (non-hydrogen) atoms. The standard InChI is InChI=1S/C17H13Cl2N3O3S/c1-25-12-5-2-10(3-6-12)16-20-21-17(26-9-15(23)24)22(16)11-4-7-13(18)14(19)8-11/h2-8H,9H2,1H3,(H,23,24). The molecule has 3 rings (SSSR count). The fourth-order valence-electron chi connectivity index (χ4n) is 2.27. The van der Waals surface area contributed by atoms with Crippen LogP contribution in [0.4, 0.5) is 0 Å². The summed E-state index contributed by atoms with van der Waals surface area (Å²) < 4.78 is 6.92. The molecule has 6 nitrogen and oxygen atoms in total. The normalized spacial score (nSPS) is 10.7. The van der Waals surface area contributed by atoms with Crippen molar-refractivity contribution in [3.63, 3.8) is 0 Å². The lowest BCUT2D eigenvalue weighted by molar-refractivity contribution is -0.133. The van der Waals surface area contributed by atoms with Crippen molar-refractivity contribution in [1.82, 2.24) is 14.8 Å². The molecular formula is C17H13Cl2N3O3S. The predicted octanol–water partition coefficient (Wildman–Crippen LogP) is 4.43. The van der Waals surface area contributed by atoms with E-state index in [1.165, 1.54) is 0 Å². The average Bonchev–Trinajstić information content (AvgIpc) is 3.06. The van der Waals surface area contributed by atoms with Gasteiger partial charge >= 0.3 is 5.97 Å². The van der Waals surface area contributed by atoms with Gasteiger partial charge in [-0.1, -0.05) is 35.0 Å². The quantitative estimate of drug-likeness (QED) is 0.606. The Balaban J connectivity index is 2.11. The molecule has 0 unspecified atom stereocenters. The third-order valence-corrected chi connectivity index (χ3v) is 5.12. The molecule has 3 aromatic rings. The van der Waals surface area contributed by atoms with E-state index in [9.17, 15) is 4.79 Å². The van der Waals surface area contributed by atoms with Crippen molar-refractivity contribution in [2.24, 2.45) is 0 Å². The molecule has 0 aliphatic heterocycles. The summed E-state index contributed by atoms with van der Waals surface area (Å²) in [7, 11) is 1.59. The van der Waals surface area contributed by atoms with Gasteiger partial charge in [-0.05, 0) is 42.5 Å². The van der Waals surface area contributed by atoms with E-state index in [1.807, 2.05) is 24.3 Å². The number of ether oxygens (including phenoxy) is 1. The zero-order valence-corrected chi connectivity index (χ0v) is 15.8. The van der Waals surface area contributed by atoms with Crippen LogP contribution in [0.2, 0.25) is 10.0 Å². The SMILES string of the molecule is COc1ccc(-c2nnc(SCC(=O)O)n2-c2ccc(Cl)c(Cl)c2)cc1. The lowest BCUT2D eigenvalue weighted by Gasteiger charge is -2.11. The van der Waals surface area contributed by atoms with Gasteiger partial charge in [0.1, 0.15) is 5.75 Å². The van der Waals surface area contributed by atoms with Crippen LogP contribution < -0.4 is 4.74 Å². The van der Waals surface area contributed by atoms with Crippen LogP contribution >= 0.6 is 35.0 Å². The van der Waals surface area contributed by atoms with Gasteiger partial charge in [-0.2, -0.15) is 0 Å². The number of halogens is 2. The smallest absolute Gasteiger partial charge is 0.313 e. The second-order valence-electron chi connectivity index (χ2n) is 5.15. The summed E-state index contributed by atoms with van der Waals surface area (Å²) in [5, 5.41) is 18.6. The number of methoxy groups -OCH3 is 1. The number of hydrogen-bond donors (Lipinski definition) is 1. The van der Waals surface area contributed by atoms with E-state index in [4.69, 9.17) is 33.0 Å². The van der Waals surface area contributed by atoms with E-state index in [-0.39, 0.29) is 5.75 Å². The molecule has 0 saturated heterocycles. The van der Waals surface area contributed by atoms with Crippen molar-refractivity contribution in [2.45, 2.75) is 5.16 Å². The molecule has 0 amide bonds. The second kappa shape index (κ2) is 7.99. The number of benzene rings is 2. The van der Waals surface area contributed by atoms with E-state index in [2.05, 4.69) is 10.2 Å². The first-order valence-electron chi connectivity index (χ1n) is 7.39. The van der Waals surface area contributed by atoms with E-state index in [0.717, 1.165) is 23.1 Å². The summed E-state index contributed by atoms with van der Waals surface area (Å²) in [5.41, 5.74) is 1.48. The Labute approximate surface area is 163 Å². The summed E-state index contributed by atoms with van der Waals surface area (Å²) in [6, 6.07) is 12.5. The van der Waals surface area contributed by atoms with Gasteiger partial charge in [0.15, 0.2) is 11.0 Å². The van der Waals surface area contributed by atoms with Crippen LogP contribution in [0.25, 0.3) is 17.1 Å². The minimum atomic E-state index is -0.940. The van der Waals surface area contributed by atoms with E-state index < -0.39 is 5.97 Å². The van der Waals surface area contributed by atoms with Gasteiger partial charge in [0.2, 0.25) is 0 Å². The maximum Gasteiger partial charge on any atom is 0.313 e. The van der Waals surface area contributed by atoms with Crippen molar-refractivity contribution in [3.05, 3.63) is 52.5 Å². The number of thioether (sulfide) groups is 1. The Bertz CT molecular complexity index is 945. The number of nitrogens with zero attached hydrogens (tertiary/aromatic N) is 3. The highest BCUT2D eigenvalue weighted by atomic mass is 35.5. The fraction of sp³-hybridized carbons (Fsp3) is 0.118. The Kier molecular flexibility index (Phi) is 5.70. The first-order chi connectivity index (χ1) is 12.5. The Morgan fingerprint density at radius 3 is 2.50 bits per heavy atom. The van der Waals surface area contributed by atoms with Crippen LogP contribution in [0.1, 0.15) is 0 Å². The van der Waals surface area contributed by atoms with Gasteiger partial charge in [-0.3, -0.25) is 9.36 Å². The molecule has 0 aliphatic carbocycles. The Hall–Kier alpha value is -2.22. The summed E-state index contributed by atoms with van der Waals surface area (Å²) in [4.78, 5) is 10.9. The molecule has 1 N–H and O–H groups in total. The van der Waals surface area contributed by atoms with Gasteiger partial charge in [-0.15, -0.1) is 10.2 Å². The molecule has 0 saturated carbocycles. The predicted molar refractivity (Wildman–Crippen MR) is 102 cm³/mol. The number of aliphatic carboxylic acids is 1. The van der Waals surface area contributed by atoms with Gasteiger partial charge < -0.3 is 9.84 Å². The van der Waals surface area contributed by atoms with Gasteiger partial charge in [0.05, 0.1) is 28.6 Å². The van der Waals surface area contributed by atoms with Crippen molar-refractivity contribution in [3.8, 4) is 22.8 Å². The van der Waals surface area contributed by atoms with Crippen molar-refractivity contribution in [1.29, 1.82) is 0 Å². The second-order valence-corrected chi connectivity index (χ2v) is 6.91. The summed E-state index contributed by atoms with van der Waals surface area (Å²) in [6.45, 7) is 0. The molecule has 1 aromatic heterocycles. The number of carboxylic acids is 1. The van der Waals surface area contributed by atoms with Gasteiger partial charge in [-0.25, -0.2) is 0 Å². The van der Waals surface area contributed by atoms with Crippen LogP contribution in [0.5, 0.6) is 5.75 Å². The molecule has 0 bridgehead atoms. The molecule has 1 heterocycles. The zero-order chi connectivity index (χ0) is 18.7. The number of hydrogen-bond acceptors (Lipinski definition) is 5. The molecule has 134 valence electrons. The number of rotatable bonds is 6. The highest BCUT2D eigenvalue weighted by Gasteiger charge is 2.18. The summed E-state index contributed by atoms with van der Waals surface area (Å²) in [5.74, 6) is 0.195. The van der Waals surface area contributed by atoms with Crippen LogP contribution in [-0.4, -0.2) is 38.7 Å². The maximum absolute atomic E-state index is 10.9.